The Kier molecular flexibility index (Phi) is 2.46. The van der Waals surface area contributed by atoms with Gasteiger partial charge in [-0.2, -0.15) is 0 Å². The molecule has 0 radical (unpaired) electrons. The fourth-order valence-corrected chi connectivity index (χ4v) is 2.91. The molecular weight excluding hydrogens is 240 g/mol. The zero-order valence-electron chi connectivity index (χ0n) is 11.5. The lowest BCUT2D eigenvalue weighted by atomic mass is 9.96. The monoisotopic (exact) mass is 258 g/mol. The molecular formula is C15H18N2O2. The van der Waals surface area contributed by atoms with E-state index in [0.717, 1.165) is 24.0 Å². The Hall–Kier alpha value is -1.84. The maximum atomic E-state index is 12.6. The highest BCUT2D eigenvalue weighted by atomic mass is 16.2. The number of nitrogens with zero attached hydrogens (tertiary/aromatic N) is 1. The van der Waals surface area contributed by atoms with Crippen LogP contribution in [0.4, 0.5) is 10.5 Å². The van der Waals surface area contributed by atoms with Gasteiger partial charge in [-0.3, -0.25) is 4.79 Å². The molecule has 1 saturated heterocycles. The van der Waals surface area contributed by atoms with Crippen LogP contribution in [-0.4, -0.2) is 17.5 Å². The lowest BCUT2D eigenvalue weighted by Gasteiger charge is -2.21. The molecule has 1 aliphatic carbocycles. The Balaban J connectivity index is 2.00. The van der Waals surface area contributed by atoms with Crippen molar-refractivity contribution < 1.29 is 9.59 Å². The Morgan fingerprint density at radius 2 is 1.74 bits per heavy atom. The molecule has 1 atom stereocenters. The normalized spacial score (nSPS) is 26.8. The lowest BCUT2D eigenvalue weighted by molar-refractivity contribution is -0.122. The Bertz CT molecular complexity index is 557. The minimum absolute atomic E-state index is 0.120. The fourth-order valence-electron chi connectivity index (χ4n) is 2.91. The highest BCUT2D eigenvalue weighted by Gasteiger charge is 2.56. The first-order chi connectivity index (χ1) is 8.91. The summed E-state index contributed by atoms with van der Waals surface area (Å²) in [5.74, 6) is 0.171. The molecule has 100 valence electrons. The number of urea groups is 1. The van der Waals surface area contributed by atoms with E-state index in [-0.39, 0.29) is 11.9 Å². The van der Waals surface area contributed by atoms with Gasteiger partial charge < -0.3 is 5.32 Å². The lowest BCUT2D eigenvalue weighted by Crippen LogP contribution is -2.46. The Morgan fingerprint density at radius 3 is 2.26 bits per heavy atom. The minimum Gasteiger partial charge on any atom is -0.323 e. The van der Waals surface area contributed by atoms with Crippen molar-refractivity contribution in [2.75, 3.05) is 4.90 Å². The molecule has 0 spiro atoms. The van der Waals surface area contributed by atoms with Crippen LogP contribution in [0.25, 0.3) is 0 Å². The largest absolute Gasteiger partial charge is 0.329 e. The second-order valence-electron chi connectivity index (χ2n) is 5.89. The molecule has 1 aromatic carbocycles. The fraction of sp³-hybridized carbons (Fsp3) is 0.467. The number of hydrogen-bond donors (Lipinski definition) is 1. The van der Waals surface area contributed by atoms with Crippen molar-refractivity contribution in [1.29, 1.82) is 0 Å². The number of rotatable bonds is 2. The van der Waals surface area contributed by atoms with Gasteiger partial charge in [0.1, 0.15) is 5.54 Å². The van der Waals surface area contributed by atoms with Gasteiger partial charge in [0.25, 0.3) is 5.91 Å². The van der Waals surface area contributed by atoms with Crippen LogP contribution in [0.2, 0.25) is 0 Å². The van der Waals surface area contributed by atoms with E-state index >= 15 is 0 Å². The first kappa shape index (κ1) is 12.2. The van der Waals surface area contributed by atoms with Gasteiger partial charge in [0.05, 0.1) is 5.69 Å². The molecule has 1 N–H and O–H groups in total. The van der Waals surface area contributed by atoms with Gasteiger partial charge >= 0.3 is 6.03 Å². The standard InChI is InChI=1S/C15H18N2O2/c1-9-6-10(2)8-12(7-9)17-13(18)15(3,11-4-5-11)16-14(17)19/h6-8,11H,4-5H2,1-3H3,(H,16,19). The number of anilines is 1. The van der Waals surface area contributed by atoms with Crippen molar-refractivity contribution >= 4 is 17.6 Å². The van der Waals surface area contributed by atoms with Crippen molar-refractivity contribution in [3.63, 3.8) is 0 Å². The third kappa shape index (κ3) is 1.82. The molecule has 1 aliphatic heterocycles. The highest BCUT2D eigenvalue weighted by molar-refractivity contribution is 6.23. The van der Waals surface area contributed by atoms with E-state index in [2.05, 4.69) is 5.32 Å². The summed E-state index contributed by atoms with van der Waals surface area (Å²) >= 11 is 0. The van der Waals surface area contributed by atoms with E-state index in [1.54, 1.807) is 0 Å². The van der Waals surface area contributed by atoms with E-state index in [9.17, 15) is 9.59 Å². The maximum absolute atomic E-state index is 12.6. The smallest absolute Gasteiger partial charge is 0.323 e. The predicted octanol–water partition coefficient (Wildman–Crippen LogP) is 2.53. The van der Waals surface area contributed by atoms with Crippen molar-refractivity contribution in [2.45, 2.75) is 39.2 Å². The molecule has 2 fully saturated rings. The van der Waals surface area contributed by atoms with E-state index in [1.807, 2.05) is 39.0 Å². The van der Waals surface area contributed by atoms with E-state index < -0.39 is 5.54 Å². The van der Waals surface area contributed by atoms with Gasteiger partial charge in [0.2, 0.25) is 0 Å². The second kappa shape index (κ2) is 3.83. The van der Waals surface area contributed by atoms with Gasteiger partial charge in [-0.1, -0.05) is 6.07 Å². The number of hydrogen-bond acceptors (Lipinski definition) is 2. The summed E-state index contributed by atoms with van der Waals surface area (Å²) in [4.78, 5) is 26.0. The molecule has 4 nitrogen and oxygen atoms in total. The third-order valence-electron chi connectivity index (χ3n) is 4.08. The van der Waals surface area contributed by atoms with Crippen LogP contribution in [0.15, 0.2) is 18.2 Å². The van der Waals surface area contributed by atoms with Gasteiger partial charge in [0, 0.05) is 0 Å². The van der Waals surface area contributed by atoms with Gasteiger partial charge in [0.15, 0.2) is 0 Å². The Morgan fingerprint density at radius 1 is 1.16 bits per heavy atom. The van der Waals surface area contributed by atoms with Gasteiger partial charge in [-0.05, 0) is 62.8 Å². The second-order valence-corrected chi connectivity index (χ2v) is 5.89. The van der Waals surface area contributed by atoms with Crippen molar-refractivity contribution in [1.82, 2.24) is 5.32 Å². The van der Waals surface area contributed by atoms with Crippen LogP contribution in [0, 0.1) is 19.8 Å². The van der Waals surface area contributed by atoms with Crippen LogP contribution in [0.5, 0.6) is 0 Å². The molecule has 1 unspecified atom stereocenters. The molecule has 4 heteroatoms. The third-order valence-corrected chi connectivity index (χ3v) is 4.08. The van der Waals surface area contributed by atoms with Crippen molar-refractivity contribution in [3.8, 4) is 0 Å². The summed E-state index contributed by atoms with van der Waals surface area (Å²) in [5, 5.41) is 2.87. The molecule has 3 rings (SSSR count). The number of benzene rings is 1. The number of imide groups is 1. The summed E-state index contributed by atoms with van der Waals surface area (Å²) < 4.78 is 0. The van der Waals surface area contributed by atoms with Gasteiger partial charge in [-0.15, -0.1) is 0 Å². The molecule has 3 amide bonds. The molecule has 19 heavy (non-hydrogen) atoms. The zero-order chi connectivity index (χ0) is 13.8. The average Bonchev–Trinajstić information content (AvgIpc) is 3.08. The van der Waals surface area contributed by atoms with Crippen LogP contribution in [-0.2, 0) is 4.79 Å². The first-order valence-corrected chi connectivity index (χ1v) is 6.67. The zero-order valence-corrected chi connectivity index (χ0v) is 11.5. The van der Waals surface area contributed by atoms with Crippen LogP contribution in [0.3, 0.4) is 0 Å². The molecule has 0 aromatic heterocycles. The van der Waals surface area contributed by atoms with E-state index in [1.165, 1.54) is 4.90 Å². The molecule has 1 saturated carbocycles. The van der Waals surface area contributed by atoms with Gasteiger partial charge in [-0.25, -0.2) is 9.69 Å². The predicted molar refractivity (Wildman–Crippen MR) is 73.1 cm³/mol. The number of carbonyl (C=O) groups is 2. The number of carbonyl (C=O) groups excluding carboxylic acids is 2. The van der Waals surface area contributed by atoms with Crippen LogP contribution in [0.1, 0.15) is 30.9 Å². The minimum atomic E-state index is -0.714. The SMILES string of the molecule is Cc1cc(C)cc(N2C(=O)NC(C)(C3CC3)C2=O)c1. The summed E-state index contributed by atoms with van der Waals surface area (Å²) in [5.41, 5.74) is 2.06. The maximum Gasteiger partial charge on any atom is 0.329 e. The van der Waals surface area contributed by atoms with Crippen LogP contribution < -0.4 is 10.2 Å². The topological polar surface area (TPSA) is 49.4 Å². The molecule has 1 heterocycles. The molecule has 1 aromatic rings. The summed E-state index contributed by atoms with van der Waals surface area (Å²) in [6, 6.07) is 5.48. The Labute approximate surface area is 112 Å². The number of aryl methyl sites for hydroxylation is 2. The molecule has 2 aliphatic rings. The van der Waals surface area contributed by atoms with Crippen LogP contribution >= 0.6 is 0 Å². The summed E-state index contributed by atoms with van der Waals surface area (Å²) in [6.45, 7) is 5.78. The number of amides is 3. The quantitative estimate of drug-likeness (QED) is 0.829. The molecule has 0 bridgehead atoms. The summed E-state index contributed by atoms with van der Waals surface area (Å²) in [6.07, 6.45) is 2.03. The first-order valence-electron chi connectivity index (χ1n) is 6.67. The summed E-state index contributed by atoms with van der Waals surface area (Å²) in [7, 11) is 0. The van der Waals surface area contributed by atoms with E-state index in [0.29, 0.717) is 11.6 Å². The average molecular weight is 258 g/mol. The number of nitrogens with one attached hydrogen (secondary N) is 1. The van der Waals surface area contributed by atoms with Crippen molar-refractivity contribution in [2.24, 2.45) is 5.92 Å². The highest BCUT2D eigenvalue weighted by Crippen LogP contribution is 2.43. The van der Waals surface area contributed by atoms with E-state index in [4.69, 9.17) is 0 Å². The van der Waals surface area contributed by atoms with Crippen molar-refractivity contribution in [3.05, 3.63) is 29.3 Å².